The Morgan fingerprint density at radius 3 is 2.25 bits per heavy atom. The molecule has 0 spiro atoms. The van der Waals surface area contributed by atoms with Crippen LogP contribution in [0.3, 0.4) is 0 Å². The maximum Gasteiger partial charge on any atom is 0.124 e. The Kier molecular flexibility index (Phi) is 4.65. The lowest BCUT2D eigenvalue weighted by Gasteiger charge is -1.96. The summed E-state index contributed by atoms with van der Waals surface area (Å²) in [5.41, 5.74) is 0. The average molecular weight is 132 g/mol. The summed E-state index contributed by atoms with van der Waals surface area (Å²) in [5.74, 6) is 0.276. The van der Waals surface area contributed by atoms with Crippen LogP contribution in [-0.2, 0) is 9.59 Å². The van der Waals surface area contributed by atoms with Crippen LogP contribution in [0.15, 0.2) is 0 Å². The standard InChI is InChI=1S/C5H8O2S/c6-2-1-5(3-7)4-8/h2-3,5,8H,1,4H2. The van der Waals surface area contributed by atoms with Gasteiger partial charge in [-0.05, 0) is 0 Å². The largest absolute Gasteiger partial charge is 0.303 e. The first-order valence-electron chi connectivity index (χ1n) is 2.35. The van der Waals surface area contributed by atoms with E-state index in [1.165, 1.54) is 0 Å². The second-order valence-electron chi connectivity index (χ2n) is 1.48. The molecule has 0 aromatic carbocycles. The lowest BCUT2D eigenvalue weighted by Crippen LogP contribution is -2.03. The first-order chi connectivity index (χ1) is 3.85. The van der Waals surface area contributed by atoms with Crippen molar-refractivity contribution in [3.05, 3.63) is 0 Å². The second-order valence-corrected chi connectivity index (χ2v) is 1.85. The molecule has 3 heteroatoms. The van der Waals surface area contributed by atoms with Crippen molar-refractivity contribution in [3.63, 3.8) is 0 Å². The van der Waals surface area contributed by atoms with Crippen LogP contribution in [0.2, 0.25) is 0 Å². The van der Waals surface area contributed by atoms with Gasteiger partial charge >= 0.3 is 0 Å². The Morgan fingerprint density at radius 1 is 1.50 bits per heavy atom. The third kappa shape index (κ3) is 2.80. The first kappa shape index (κ1) is 7.69. The zero-order valence-corrected chi connectivity index (χ0v) is 5.30. The van der Waals surface area contributed by atoms with Crippen LogP contribution in [0.4, 0.5) is 0 Å². The Hall–Kier alpha value is -0.310. The Bertz CT molecular complexity index is 82.5. The fourth-order valence-corrected chi connectivity index (χ4v) is 0.532. The van der Waals surface area contributed by atoms with Crippen molar-refractivity contribution >= 4 is 25.2 Å². The van der Waals surface area contributed by atoms with Gasteiger partial charge in [-0.15, -0.1) is 0 Å². The number of hydrogen-bond donors (Lipinski definition) is 1. The molecule has 2 nitrogen and oxygen atoms in total. The van der Waals surface area contributed by atoms with Crippen LogP contribution in [0.1, 0.15) is 6.42 Å². The predicted octanol–water partition coefficient (Wildman–Crippen LogP) is 0.320. The number of carbonyl (C=O) groups excluding carboxylic acids is 2. The molecular weight excluding hydrogens is 124 g/mol. The molecule has 0 N–H and O–H groups in total. The normalized spacial score (nSPS) is 12.6. The molecular formula is C5H8O2S. The van der Waals surface area contributed by atoms with Gasteiger partial charge in [0.15, 0.2) is 0 Å². The molecule has 0 bridgehead atoms. The van der Waals surface area contributed by atoms with Crippen molar-refractivity contribution in [2.45, 2.75) is 6.42 Å². The number of aldehydes is 2. The van der Waals surface area contributed by atoms with Gasteiger partial charge in [0, 0.05) is 18.1 Å². The highest BCUT2D eigenvalue weighted by molar-refractivity contribution is 7.80. The molecule has 0 saturated heterocycles. The summed E-state index contributed by atoms with van der Waals surface area (Å²) in [6.45, 7) is 0. The van der Waals surface area contributed by atoms with Crippen molar-refractivity contribution in [2.24, 2.45) is 5.92 Å². The Morgan fingerprint density at radius 2 is 2.12 bits per heavy atom. The van der Waals surface area contributed by atoms with Crippen molar-refractivity contribution in [1.29, 1.82) is 0 Å². The molecule has 0 heterocycles. The van der Waals surface area contributed by atoms with Crippen LogP contribution in [0, 0.1) is 5.92 Å². The monoisotopic (exact) mass is 132 g/mol. The highest BCUT2D eigenvalue weighted by Crippen LogP contribution is 1.97. The molecule has 0 aliphatic carbocycles. The summed E-state index contributed by atoms with van der Waals surface area (Å²) < 4.78 is 0. The van der Waals surface area contributed by atoms with E-state index in [0.29, 0.717) is 12.2 Å². The average Bonchev–Trinajstić information content (AvgIpc) is 1.83. The van der Waals surface area contributed by atoms with Crippen molar-refractivity contribution < 1.29 is 9.59 Å². The van der Waals surface area contributed by atoms with Crippen LogP contribution >= 0.6 is 12.6 Å². The van der Waals surface area contributed by atoms with Gasteiger partial charge in [-0.1, -0.05) is 0 Å². The fraction of sp³-hybridized carbons (Fsp3) is 0.600. The fourth-order valence-electron chi connectivity index (χ4n) is 0.297. The third-order valence-corrected chi connectivity index (χ3v) is 1.29. The van der Waals surface area contributed by atoms with E-state index in [-0.39, 0.29) is 5.92 Å². The van der Waals surface area contributed by atoms with Gasteiger partial charge in [0.2, 0.25) is 0 Å². The van der Waals surface area contributed by atoms with Gasteiger partial charge in [-0.3, -0.25) is 0 Å². The van der Waals surface area contributed by atoms with E-state index in [1.54, 1.807) is 0 Å². The molecule has 0 amide bonds. The van der Waals surface area contributed by atoms with Crippen LogP contribution in [0.5, 0.6) is 0 Å². The van der Waals surface area contributed by atoms with Crippen LogP contribution in [0.25, 0.3) is 0 Å². The van der Waals surface area contributed by atoms with Gasteiger partial charge < -0.3 is 9.59 Å². The number of hydrogen-bond acceptors (Lipinski definition) is 3. The van der Waals surface area contributed by atoms with Gasteiger partial charge in [0.1, 0.15) is 12.6 Å². The number of carbonyl (C=O) groups is 2. The van der Waals surface area contributed by atoms with Crippen molar-refractivity contribution in [3.8, 4) is 0 Å². The maximum atomic E-state index is 9.92. The molecule has 0 aliphatic heterocycles. The summed E-state index contributed by atoms with van der Waals surface area (Å²) in [5, 5.41) is 0. The van der Waals surface area contributed by atoms with E-state index in [1.807, 2.05) is 0 Å². The zero-order chi connectivity index (χ0) is 6.41. The molecule has 1 unspecified atom stereocenters. The predicted molar refractivity (Wildman–Crippen MR) is 34.1 cm³/mol. The zero-order valence-electron chi connectivity index (χ0n) is 4.41. The van der Waals surface area contributed by atoms with E-state index in [0.717, 1.165) is 12.6 Å². The van der Waals surface area contributed by atoms with Gasteiger partial charge in [-0.25, -0.2) is 0 Å². The van der Waals surface area contributed by atoms with Gasteiger partial charge in [0.05, 0.1) is 0 Å². The lowest BCUT2D eigenvalue weighted by atomic mass is 10.1. The minimum absolute atomic E-state index is 0.184. The molecule has 0 aromatic rings. The quantitative estimate of drug-likeness (QED) is 0.441. The number of thiol groups is 1. The van der Waals surface area contributed by atoms with Crippen LogP contribution < -0.4 is 0 Å². The summed E-state index contributed by atoms with van der Waals surface area (Å²) in [4.78, 5) is 19.7. The van der Waals surface area contributed by atoms with Gasteiger partial charge in [0.25, 0.3) is 0 Å². The number of rotatable bonds is 4. The molecule has 1 atom stereocenters. The molecule has 0 radical (unpaired) electrons. The first-order valence-corrected chi connectivity index (χ1v) is 2.98. The van der Waals surface area contributed by atoms with E-state index in [9.17, 15) is 9.59 Å². The third-order valence-electron chi connectivity index (χ3n) is 0.826. The van der Waals surface area contributed by atoms with Crippen LogP contribution in [-0.4, -0.2) is 18.3 Å². The Labute approximate surface area is 53.7 Å². The molecule has 8 heavy (non-hydrogen) atoms. The Balaban J connectivity index is 3.35. The molecule has 0 aliphatic rings. The van der Waals surface area contributed by atoms with E-state index < -0.39 is 0 Å². The minimum atomic E-state index is -0.184. The van der Waals surface area contributed by atoms with Crippen molar-refractivity contribution in [2.75, 3.05) is 5.75 Å². The minimum Gasteiger partial charge on any atom is -0.303 e. The van der Waals surface area contributed by atoms with Crippen molar-refractivity contribution in [1.82, 2.24) is 0 Å². The van der Waals surface area contributed by atoms with E-state index in [2.05, 4.69) is 12.6 Å². The molecule has 0 saturated carbocycles. The summed E-state index contributed by atoms with van der Waals surface area (Å²) >= 11 is 3.84. The highest BCUT2D eigenvalue weighted by Gasteiger charge is 2.00. The summed E-state index contributed by atoms with van der Waals surface area (Å²) in [6, 6.07) is 0. The lowest BCUT2D eigenvalue weighted by molar-refractivity contribution is -0.114. The maximum absolute atomic E-state index is 9.92. The van der Waals surface area contributed by atoms with Gasteiger partial charge in [-0.2, -0.15) is 12.6 Å². The topological polar surface area (TPSA) is 34.1 Å². The second kappa shape index (κ2) is 4.84. The molecule has 0 aromatic heterocycles. The van der Waals surface area contributed by atoms with E-state index >= 15 is 0 Å². The smallest absolute Gasteiger partial charge is 0.124 e. The highest BCUT2D eigenvalue weighted by atomic mass is 32.1. The summed E-state index contributed by atoms with van der Waals surface area (Å²) in [7, 11) is 0. The molecule has 0 fully saturated rings. The molecule has 0 rings (SSSR count). The molecule has 46 valence electrons. The van der Waals surface area contributed by atoms with E-state index in [4.69, 9.17) is 0 Å². The summed E-state index contributed by atoms with van der Waals surface area (Å²) in [6.07, 6.45) is 1.78. The SMILES string of the molecule is O=CCC(C=O)CS.